The monoisotopic (exact) mass is 184 g/mol. The van der Waals surface area contributed by atoms with Crippen LogP contribution in [0.3, 0.4) is 0 Å². The Kier molecular flexibility index (Phi) is 15.8. The molecule has 0 aromatic rings. The van der Waals surface area contributed by atoms with Crippen molar-refractivity contribution in [1.29, 1.82) is 0 Å². The Bertz CT molecular complexity index is 27.7. The van der Waals surface area contributed by atoms with Gasteiger partial charge in [0.05, 0.1) is 0 Å². The average Bonchev–Trinajstić information content (AvgIpc) is 1.91. The van der Waals surface area contributed by atoms with Crippen molar-refractivity contribution in [2.75, 3.05) is 0 Å². The van der Waals surface area contributed by atoms with Crippen LogP contribution in [0, 0.1) is 5.92 Å². The maximum absolute atomic E-state index is 4.76. The van der Waals surface area contributed by atoms with Crippen LogP contribution >= 0.6 is 9.69 Å². The van der Waals surface area contributed by atoms with Crippen LogP contribution in [-0.2, 0) is 17.3 Å². The van der Waals surface area contributed by atoms with E-state index in [4.69, 9.17) is 9.69 Å². The van der Waals surface area contributed by atoms with E-state index in [1.807, 2.05) is 0 Å². The molecule has 0 heterocycles. The third kappa shape index (κ3) is 10.0. The van der Waals surface area contributed by atoms with Gasteiger partial charge in [-0.25, -0.2) is 0 Å². The summed E-state index contributed by atoms with van der Waals surface area (Å²) >= 11 is 0.847. The molecule has 0 bridgehead atoms. The third-order valence-electron chi connectivity index (χ3n) is 1.21. The van der Waals surface area contributed by atoms with E-state index < -0.39 is 0 Å². The summed E-state index contributed by atoms with van der Waals surface area (Å²) in [5.74, 6) is 1.59. The summed E-state index contributed by atoms with van der Waals surface area (Å²) in [4.78, 5) is 0. The Labute approximate surface area is 66.7 Å². The molecule has 0 N–H and O–H groups in total. The second-order valence-corrected chi connectivity index (χ2v) is 1.66. The molecular formula is C6H13ClZn. The SMILES string of the molecule is CC[C-](C)CC.[Cl][Zn+]. The summed E-state index contributed by atoms with van der Waals surface area (Å²) in [5.41, 5.74) is 0. The number of halogens is 1. The van der Waals surface area contributed by atoms with Crippen LogP contribution in [0.15, 0.2) is 0 Å². The fraction of sp³-hybridized carbons (Fsp3) is 0.833. The first kappa shape index (κ1) is 11.7. The van der Waals surface area contributed by atoms with Crippen molar-refractivity contribution in [3.63, 3.8) is 0 Å². The van der Waals surface area contributed by atoms with Crippen molar-refractivity contribution in [2.24, 2.45) is 0 Å². The van der Waals surface area contributed by atoms with Crippen molar-refractivity contribution in [3.8, 4) is 0 Å². The zero-order chi connectivity index (χ0) is 6.99. The molecule has 0 aromatic heterocycles. The molecule has 0 aliphatic carbocycles. The Balaban J connectivity index is 0. The summed E-state index contributed by atoms with van der Waals surface area (Å²) in [6.07, 6.45) is 2.49. The zero-order valence-electron chi connectivity index (χ0n) is 6.00. The molecule has 0 spiro atoms. The first-order chi connectivity index (χ1) is 3.81. The van der Waals surface area contributed by atoms with Crippen molar-refractivity contribution in [2.45, 2.75) is 33.6 Å². The van der Waals surface area contributed by atoms with Gasteiger partial charge >= 0.3 is 27.0 Å². The molecule has 0 atom stereocenters. The molecule has 0 rings (SSSR count). The van der Waals surface area contributed by atoms with Gasteiger partial charge in [0.1, 0.15) is 0 Å². The number of rotatable bonds is 2. The average molecular weight is 186 g/mol. The van der Waals surface area contributed by atoms with Crippen LogP contribution in [0.4, 0.5) is 0 Å². The molecule has 2 heteroatoms. The zero-order valence-corrected chi connectivity index (χ0v) is 9.72. The van der Waals surface area contributed by atoms with Gasteiger partial charge in [0.2, 0.25) is 0 Å². The number of hydrogen-bond acceptors (Lipinski definition) is 0. The Morgan fingerprint density at radius 2 is 1.50 bits per heavy atom. The minimum absolute atomic E-state index is 0.847. The van der Waals surface area contributed by atoms with Gasteiger partial charge in [0.25, 0.3) is 0 Å². The van der Waals surface area contributed by atoms with E-state index >= 15 is 0 Å². The van der Waals surface area contributed by atoms with E-state index in [9.17, 15) is 0 Å². The summed E-state index contributed by atoms with van der Waals surface area (Å²) in [6.45, 7) is 6.58. The molecule has 0 aliphatic heterocycles. The van der Waals surface area contributed by atoms with Crippen molar-refractivity contribution in [3.05, 3.63) is 5.92 Å². The normalized spacial score (nSPS) is 8.38. The molecular weight excluding hydrogens is 173 g/mol. The van der Waals surface area contributed by atoms with Gasteiger partial charge in [-0.15, -0.1) is 0 Å². The summed E-state index contributed by atoms with van der Waals surface area (Å²) in [7, 11) is 4.76. The van der Waals surface area contributed by atoms with E-state index in [1.165, 1.54) is 12.8 Å². The van der Waals surface area contributed by atoms with Crippen molar-refractivity contribution >= 4 is 9.69 Å². The van der Waals surface area contributed by atoms with Gasteiger partial charge in [-0.2, -0.15) is 19.8 Å². The maximum atomic E-state index is 4.76. The van der Waals surface area contributed by atoms with Crippen LogP contribution in [0.2, 0.25) is 0 Å². The van der Waals surface area contributed by atoms with Gasteiger partial charge < -0.3 is 5.92 Å². The second-order valence-electron chi connectivity index (χ2n) is 1.66. The van der Waals surface area contributed by atoms with Crippen molar-refractivity contribution in [1.82, 2.24) is 0 Å². The van der Waals surface area contributed by atoms with Crippen LogP contribution in [0.5, 0.6) is 0 Å². The molecule has 8 heavy (non-hydrogen) atoms. The quantitative estimate of drug-likeness (QED) is 0.459. The predicted molar refractivity (Wildman–Crippen MR) is 35.4 cm³/mol. The summed E-state index contributed by atoms with van der Waals surface area (Å²) in [5, 5.41) is 0. The van der Waals surface area contributed by atoms with Gasteiger partial charge in [-0.3, -0.25) is 0 Å². The van der Waals surface area contributed by atoms with Gasteiger partial charge in [-0.05, 0) is 0 Å². The van der Waals surface area contributed by atoms with Gasteiger partial charge in [0.15, 0.2) is 0 Å². The van der Waals surface area contributed by atoms with Crippen LogP contribution < -0.4 is 0 Å². The fourth-order valence-electron chi connectivity index (χ4n) is 0.250. The molecule has 0 nitrogen and oxygen atoms in total. The molecule has 0 aromatic carbocycles. The van der Waals surface area contributed by atoms with E-state index in [0.717, 1.165) is 17.3 Å². The van der Waals surface area contributed by atoms with E-state index in [0.29, 0.717) is 0 Å². The minimum atomic E-state index is 0.847. The topological polar surface area (TPSA) is 0 Å². The first-order valence-corrected chi connectivity index (χ1v) is 6.79. The first-order valence-electron chi connectivity index (χ1n) is 2.89. The molecule has 0 saturated carbocycles. The third-order valence-corrected chi connectivity index (χ3v) is 1.21. The second kappa shape index (κ2) is 10.8. The fourth-order valence-corrected chi connectivity index (χ4v) is 0.250. The molecule has 0 fully saturated rings. The molecule has 0 aliphatic rings. The van der Waals surface area contributed by atoms with Gasteiger partial charge in [-0.1, -0.05) is 13.8 Å². The number of hydrogen-bond donors (Lipinski definition) is 0. The van der Waals surface area contributed by atoms with Gasteiger partial charge in [0, 0.05) is 0 Å². The molecule has 0 saturated heterocycles. The standard InChI is InChI=1S/C6H13.ClH.Zn/c1-4-6(3)5-2;;/h4-5H2,1-3H3;1H;/q-1;;+2/p-1. The molecule has 46 valence electrons. The molecule has 0 unspecified atom stereocenters. The Hall–Kier alpha value is 0.913. The molecule has 0 amide bonds. The predicted octanol–water partition coefficient (Wildman–Crippen LogP) is 3.09. The van der Waals surface area contributed by atoms with Crippen LogP contribution in [-0.4, -0.2) is 0 Å². The Morgan fingerprint density at radius 1 is 1.25 bits per heavy atom. The Morgan fingerprint density at radius 3 is 1.50 bits per heavy atom. The summed E-state index contributed by atoms with van der Waals surface area (Å²) in [6, 6.07) is 0. The summed E-state index contributed by atoms with van der Waals surface area (Å²) < 4.78 is 0. The van der Waals surface area contributed by atoms with Crippen molar-refractivity contribution < 1.29 is 17.3 Å². The van der Waals surface area contributed by atoms with E-state index in [1.54, 1.807) is 5.92 Å². The van der Waals surface area contributed by atoms with E-state index in [2.05, 4.69) is 20.8 Å². The van der Waals surface area contributed by atoms with Crippen LogP contribution in [0.25, 0.3) is 0 Å². The van der Waals surface area contributed by atoms with Crippen LogP contribution in [0.1, 0.15) is 33.6 Å². The van der Waals surface area contributed by atoms with E-state index in [-0.39, 0.29) is 0 Å². The molecule has 0 radical (unpaired) electrons.